The van der Waals surface area contributed by atoms with Gasteiger partial charge in [-0.3, -0.25) is 14.2 Å². The van der Waals surface area contributed by atoms with Gasteiger partial charge in [-0.15, -0.1) is 0 Å². The minimum absolute atomic E-state index is 0.126. The van der Waals surface area contributed by atoms with Crippen LogP contribution in [0.2, 0.25) is 0 Å². The van der Waals surface area contributed by atoms with Gasteiger partial charge in [0.25, 0.3) is 11.5 Å². The second-order valence-corrected chi connectivity index (χ2v) is 5.01. The van der Waals surface area contributed by atoms with E-state index < -0.39 is 0 Å². The first kappa shape index (κ1) is 13.7. The third-order valence-electron chi connectivity index (χ3n) is 2.55. The van der Waals surface area contributed by atoms with Crippen molar-refractivity contribution < 1.29 is 4.79 Å². The topological polar surface area (TPSA) is 64.0 Å². The zero-order valence-electron chi connectivity index (χ0n) is 10.0. The van der Waals surface area contributed by atoms with Gasteiger partial charge in [0.05, 0.1) is 11.9 Å². The predicted molar refractivity (Wildman–Crippen MR) is 80.0 cm³/mol. The number of carbonyl (C=O) groups is 1. The summed E-state index contributed by atoms with van der Waals surface area (Å²) in [7, 11) is 0. The lowest BCUT2D eigenvalue weighted by Gasteiger charge is -2.07. The average Bonchev–Trinajstić information content (AvgIpc) is 2.41. The Kier molecular flexibility index (Phi) is 4.67. The van der Waals surface area contributed by atoms with Crippen LogP contribution >= 0.6 is 22.6 Å². The Balaban J connectivity index is 1.94. The summed E-state index contributed by atoms with van der Waals surface area (Å²) in [6.07, 6.45) is 2.91. The maximum absolute atomic E-state index is 11.9. The molecule has 2 aromatic rings. The maximum Gasteiger partial charge on any atom is 0.253 e. The van der Waals surface area contributed by atoms with Crippen LogP contribution in [-0.4, -0.2) is 22.0 Å². The molecule has 6 heteroatoms. The molecule has 5 nitrogen and oxygen atoms in total. The highest BCUT2D eigenvalue weighted by Crippen LogP contribution is 2.10. The van der Waals surface area contributed by atoms with E-state index in [1.54, 1.807) is 6.07 Å². The standard InChI is InChI=1S/C13H12IN3O2/c14-11-4-2-1-3-10(11)13(19)16-7-8-17-9-15-6-5-12(17)18/h1-6,9H,7-8H2,(H,16,19). The molecule has 1 aromatic carbocycles. The number of halogens is 1. The second-order valence-electron chi connectivity index (χ2n) is 3.85. The number of aromatic nitrogens is 2. The van der Waals surface area contributed by atoms with E-state index in [0.29, 0.717) is 18.7 Å². The van der Waals surface area contributed by atoms with Crippen molar-refractivity contribution in [2.75, 3.05) is 6.54 Å². The minimum Gasteiger partial charge on any atom is -0.350 e. The fraction of sp³-hybridized carbons (Fsp3) is 0.154. The van der Waals surface area contributed by atoms with Crippen molar-refractivity contribution in [3.05, 3.63) is 62.3 Å². The Bertz CT molecular complexity index is 640. The number of nitrogens with one attached hydrogen (secondary N) is 1. The number of hydrogen-bond acceptors (Lipinski definition) is 3. The molecule has 0 saturated carbocycles. The summed E-state index contributed by atoms with van der Waals surface area (Å²) in [5, 5.41) is 2.78. The highest BCUT2D eigenvalue weighted by atomic mass is 127. The lowest BCUT2D eigenvalue weighted by atomic mass is 10.2. The van der Waals surface area contributed by atoms with Crippen LogP contribution in [0.1, 0.15) is 10.4 Å². The van der Waals surface area contributed by atoms with Gasteiger partial charge in [-0.05, 0) is 34.7 Å². The van der Waals surface area contributed by atoms with E-state index in [1.165, 1.54) is 23.2 Å². The molecule has 0 saturated heterocycles. The molecule has 1 heterocycles. The molecule has 1 N–H and O–H groups in total. The molecule has 0 radical (unpaired) electrons. The fourth-order valence-corrected chi connectivity index (χ4v) is 2.21. The normalized spacial score (nSPS) is 10.2. The molecule has 0 spiro atoms. The Labute approximate surface area is 123 Å². The van der Waals surface area contributed by atoms with Crippen molar-refractivity contribution in [1.29, 1.82) is 0 Å². The largest absolute Gasteiger partial charge is 0.350 e. The smallest absolute Gasteiger partial charge is 0.253 e. The molecule has 0 fully saturated rings. The molecule has 0 aliphatic rings. The zero-order valence-corrected chi connectivity index (χ0v) is 12.2. The minimum atomic E-state index is -0.137. The summed E-state index contributed by atoms with van der Waals surface area (Å²) < 4.78 is 2.35. The number of nitrogens with zero attached hydrogens (tertiary/aromatic N) is 2. The first-order valence-electron chi connectivity index (χ1n) is 5.71. The summed E-state index contributed by atoms with van der Waals surface area (Å²) in [6, 6.07) is 8.74. The van der Waals surface area contributed by atoms with Gasteiger partial charge < -0.3 is 5.32 Å². The summed E-state index contributed by atoms with van der Waals surface area (Å²) in [5.74, 6) is -0.137. The molecular formula is C13H12IN3O2. The molecule has 19 heavy (non-hydrogen) atoms. The van der Waals surface area contributed by atoms with E-state index >= 15 is 0 Å². The van der Waals surface area contributed by atoms with Crippen LogP contribution in [0.5, 0.6) is 0 Å². The Morgan fingerprint density at radius 2 is 2.11 bits per heavy atom. The Morgan fingerprint density at radius 3 is 2.84 bits per heavy atom. The van der Waals surface area contributed by atoms with Gasteiger partial charge in [-0.2, -0.15) is 0 Å². The maximum atomic E-state index is 11.9. The van der Waals surface area contributed by atoms with Crippen LogP contribution in [-0.2, 0) is 6.54 Å². The van der Waals surface area contributed by atoms with E-state index in [2.05, 4.69) is 32.9 Å². The third kappa shape index (κ3) is 3.63. The SMILES string of the molecule is O=C(NCCn1cnccc1=O)c1ccccc1I. The van der Waals surface area contributed by atoms with Gasteiger partial charge in [-0.25, -0.2) is 4.98 Å². The van der Waals surface area contributed by atoms with Crippen molar-refractivity contribution in [2.24, 2.45) is 0 Å². The van der Waals surface area contributed by atoms with E-state index in [0.717, 1.165) is 3.57 Å². The van der Waals surface area contributed by atoms with Gasteiger partial charge >= 0.3 is 0 Å². The van der Waals surface area contributed by atoms with Gasteiger partial charge in [0, 0.05) is 28.9 Å². The second kappa shape index (κ2) is 6.46. The fourth-order valence-electron chi connectivity index (χ4n) is 1.58. The van der Waals surface area contributed by atoms with Crippen molar-refractivity contribution in [2.45, 2.75) is 6.54 Å². The predicted octanol–water partition coefficient (Wildman–Crippen LogP) is 1.28. The number of hydrogen-bond donors (Lipinski definition) is 1. The van der Waals surface area contributed by atoms with Crippen LogP contribution in [0, 0.1) is 3.57 Å². The van der Waals surface area contributed by atoms with Gasteiger partial charge in [-0.1, -0.05) is 12.1 Å². The first-order chi connectivity index (χ1) is 9.18. The summed E-state index contributed by atoms with van der Waals surface area (Å²) in [6.45, 7) is 0.789. The highest BCUT2D eigenvalue weighted by molar-refractivity contribution is 14.1. The van der Waals surface area contributed by atoms with Crippen molar-refractivity contribution in [1.82, 2.24) is 14.9 Å². The molecule has 98 valence electrons. The monoisotopic (exact) mass is 369 g/mol. The first-order valence-corrected chi connectivity index (χ1v) is 6.79. The Hall–Kier alpha value is -1.70. The molecule has 0 atom stereocenters. The number of amides is 1. The van der Waals surface area contributed by atoms with Gasteiger partial charge in [0.15, 0.2) is 0 Å². The van der Waals surface area contributed by atoms with Crippen LogP contribution in [0.25, 0.3) is 0 Å². The number of rotatable bonds is 4. The van der Waals surface area contributed by atoms with Crippen molar-refractivity contribution in [3.63, 3.8) is 0 Å². The van der Waals surface area contributed by atoms with Crippen LogP contribution in [0.15, 0.2) is 47.7 Å². The lowest BCUT2D eigenvalue weighted by Crippen LogP contribution is -2.30. The van der Waals surface area contributed by atoms with Crippen molar-refractivity contribution >= 4 is 28.5 Å². The molecule has 0 aliphatic carbocycles. The van der Waals surface area contributed by atoms with Crippen LogP contribution in [0.4, 0.5) is 0 Å². The highest BCUT2D eigenvalue weighted by Gasteiger charge is 2.08. The van der Waals surface area contributed by atoms with Gasteiger partial charge in [0.1, 0.15) is 0 Å². The molecule has 2 rings (SSSR count). The Morgan fingerprint density at radius 1 is 1.32 bits per heavy atom. The number of benzene rings is 1. The van der Waals surface area contributed by atoms with Crippen LogP contribution < -0.4 is 10.9 Å². The van der Waals surface area contributed by atoms with E-state index in [-0.39, 0.29) is 11.5 Å². The number of carbonyl (C=O) groups excluding carboxylic acids is 1. The average molecular weight is 369 g/mol. The van der Waals surface area contributed by atoms with Crippen LogP contribution in [0.3, 0.4) is 0 Å². The molecule has 0 bridgehead atoms. The third-order valence-corrected chi connectivity index (χ3v) is 3.49. The molecular weight excluding hydrogens is 357 g/mol. The molecule has 1 amide bonds. The molecule has 0 unspecified atom stereocenters. The summed E-state index contributed by atoms with van der Waals surface area (Å²) in [5.41, 5.74) is 0.514. The summed E-state index contributed by atoms with van der Waals surface area (Å²) >= 11 is 2.12. The van der Waals surface area contributed by atoms with Gasteiger partial charge in [0.2, 0.25) is 0 Å². The molecule has 0 aliphatic heterocycles. The van der Waals surface area contributed by atoms with Crippen molar-refractivity contribution in [3.8, 4) is 0 Å². The zero-order chi connectivity index (χ0) is 13.7. The quantitative estimate of drug-likeness (QED) is 0.826. The molecule has 1 aromatic heterocycles. The summed E-state index contributed by atoms with van der Waals surface area (Å²) in [4.78, 5) is 27.2. The van der Waals surface area contributed by atoms with E-state index in [4.69, 9.17) is 0 Å². The lowest BCUT2D eigenvalue weighted by molar-refractivity contribution is 0.0951. The van der Waals surface area contributed by atoms with E-state index in [1.807, 2.05) is 18.2 Å². The van der Waals surface area contributed by atoms with E-state index in [9.17, 15) is 9.59 Å².